The molecule has 0 N–H and O–H groups in total. The quantitative estimate of drug-likeness (QED) is 0.271. The Hall–Kier alpha value is -2.98. The molecular weight excluding hydrogens is 270 g/mol. The number of hydrogen-bond acceptors (Lipinski definition) is 4. The molecule has 0 saturated heterocycles. The number of nitrogens with zero attached hydrogens (tertiary/aromatic N) is 3. The van der Waals surface area contributed by atoms with Crippen molar-refractivity contribution < 1.29 is 13.9 Å². The maximum Gasteiger partial charge on any atom is 0.340 e. The number of carbonyl (C=O) groups excluding carboxylic acids is 1. The predicted molar refractivity (Wildman–Crippen MR) is 77.9 cm³/mol. The fraction of sp³-hybridized carbons (Fsp3) is 0.133. The Morgan fingerprint density at radius 3 is 2.76 bits per heavy atom. The van der Waals surface area contributed by atoms with Crippen molar-refractivity contribution in [2.75, 3.05) is 6.61 Å². The molecule has 0 aliphatic rings. The summed E-state index contributed by atoms with van der Waals surface area (Å²) >= 11 is 0. The van der Waals surface area contributed by atoms with Crippen LogP contribution in [0.2, 0.25) is 0 Å². The highest BCUT2D eigenvalue weighted by molar-refractivity contribution is 5.92. The van der Waals surface area contributed by atoms with Crippen molar-refractivity contribution in [1.82, 2.24) is 0 Å². The van der Waals surface area contributed by atoms with Gasteiger partial charge in [0.1, 0.15) is 17.2 Å². The van der Waals surface area contributed by atoms with Gasteiger partial charge in [0.15, 0.2) is 0 Å². The average molecular weight is 283 g/mol. The highest BCUT2D eigenvalue weighted by Gasteiger charge is 2.10. The van der Waals surface area contributed by atoms with Gasteiger partial charge >= 0.3 is 5.97 Å². The van der Waals surface area contributed by atoms with Gasteiger partial charge in [0.05, 0.1) is 6.61 Å². The van der Waals surface area contributed by atoms with E-state index in [9.17, 15) is 4.79 Å². The van der Waals surface area contributed by atoms with E-state index < -0.39 is 5.97 Å². The average Bonchev–Trinajstić information content (AvgIpc) is 2.96. The molecule has 0 amide bonds. The molecule has 0 saturated carbocycles. The summed E-state index contributed by atoms with van der Waals surface area (Å²) in [5, 5.41) is 3.33. The molecule has 0 aliphatic heterocycles. The molecule has 0 spiro atoms. The second-order valence-corrected chi connectivity index (χ2v) is 4.01. The van der Waals surface area contributed by atoms with Crippen molar-refractivity contribution in [1.29, 1.82) is 0 Å². The van der Waals surface area contributed by atoms with Crippen LogP contribution in [0, 0.1) is 0 Å². The van der Waals surface area contributed by atoms with Crippen molar-refractivity contribution in [3.8, 4) is 11.3 Å². The molecule has 0 unspecified atom stereocenters. The number of benzene rings is 1. The van der Waals surface area contributed by atoms with Crippen LogP contribution in [0.1, 0.15) is 12.7 Å². The minimum absolute atomic E-state index is 0.145. The molecule has 1 aromatic carbocycles. The van der Waals surface area contributed by atoms with Crippen LogP contribution in [-0.4, -0.2) is 12.6 Å². The number of rotatable bonds is 5. The van der Waals surface area contributed by atoms with E-state index in [2.05, 4.69) is 10.0 Å². The van der Waals surface area contributed by atoms with Crippen molar-refractivity contribution in [2.45, 2.75) is 6.92 Å². The van der Waals surface area contributed by atoms with Gasteiger partial charge in [-0.25, -0.2) is 4.79 Å². The maximum absolute atomic E-state index is 11.6. The third-order valence-corrected chi connectivity index (χ3v) is 2.60. The van der Waals surface area contributed by atoms with E-state index in [-0.39, 0.29) is 12.3 Å². The van der Waals surface area contributed by atoms with E-state index in [0.717, 1.165) is 5.56 Å². The Morgan fingerprint density at radius 1 is 1.33 bits per heavy atom. The summed E-state index contributed by atoms with van der Waals surface area (Å²) in [4.78, 5) is 14.2. The number of ether oxygens (including phenoxy) is 1. The third-order valence-electron chi connectivity index (χ3n) is 2.60. The summed E-state index contributed by atoms with van der Waals surface area (Å²) in [7, 11) is 0. The summed E-state index contributed by atoms with van der Waals surface area (Å²) in [5.41, 5.74) is 9.26. The number of hydrogen-bond donors (Lipinski definition) is 0. The van der Waals surface area contributed by atoms with Gasteiger partial charge in [-0.15, -0.1) is 0 Å². The number of furan rings is 1. The maximum atomic E-state index is 11.6. The van der Waals surface area contributed by atoms with E-state index in [1.165, 1.54) is 6.08 Å². The van der Waals surface area contributed by atoms with Crippen molar-refractivity contribution >= 4 is 12.0 Å². The van der Waals surface area contributed by atoms with Gasteiger partial charge in [-0.1, -0.05) is 35.4 Å². The number of esters is 1. The zero-order valence-corrected chi connectivity index (χ0v) is 11.4. The summed E-state index contributed by atoms with van der Waals surface area (Å²) in [6.07, 6.45) is 1.35. The second kappa shape index (κ2) is 6.98. The Labute approximate surface area is 121 Å². The van der Waals surface area contributed by atoms with Crippen molar-refractivity contribution in [2.24, 2.45) is 5.11 Å². The molecule has 106 valence electrons. The van der Waals surface area contributed by atoms with Crippen molar-refractivity contribution in [3.05, 3.63) is 64.4 Å². The van der Waals surface area contributed by atoms with Gasteiger partial charge in [-0.3, -0.25) is 0 Å². The molecule has 6 heteroatoms. The fourth-order valence-corrected chi connectivity index (χ4v) is 1.70. The van der Waals surface area contributed by atoms with Crippen molar-refractivity contribution in [3.63, 3.8) is 0 Å². The lowest BCUT2D eigenvalue weighted by Crippen LogP contribution is -2.05. The summed E-state index contributed by atoms with van der Waals surface area (Å²) in [6.45, 7) is 1.87. The van der Waals surface area contributed by atoms with Gasteiger partial charge in [0.25, 0.3) is 0 Å². The van der Waals surface area contributed by atoms with Crippen LogP contribution >= 0.6 is 0 Å². The molecule has 1 aromatic heterocycles. The highest BCUT2D eigenvalue weighted by atomic mass is 16.5. The van der Waals surface area contributed by atoms with Crippen LogP contribution in [0.3, 0.4) is 0 Å². The van der Waals surface area contributed by atoms with Gasteiger partial charge in [-0.2, -0.15) is 0 Å². The molecule has 0 radical (unpaired) electrons. The number of carbonyl (C=O) groups is 1. The summed E-state index contributed by atoms with van der Waals surface area (Å²) < 4.78 is 10.4. The van der Waals surface area contributed by atoms with Crippen LogP contribution in [-0.2, 0) is 9.53 Å². The van der Waals surface area contributed by atoms with E-state index >= 15 is 0 Å². The Morgan fingerprint density at radius 2 is 2.10 bits per heavy atom. The van der Waals surface area contributed by atoms with E-state index in [1.54, 1.807) is 19.1 Å². The van der Waals surface area contributed by atoms with Crippen LogP contribution in [0.25, 0.3) is 27.8 Å². The molecule has 0 bridgehead atoms. The molecule has 2 rings (SSSR count). The highest BCUT2D eigenvalue weighted by Crippen LogP contribution is 2.23. The Kier molecular flexibility index (Phi) is 4.79. The lowest BCUT2D eigenvalue weighted by atomic mass is 10.2. The molecule has 0 aliphatic carbocycles. The second-order valence-electron chi connectivity index (χ2n) is 4.01. The predicted octanol–water partition coefficient (Wildman–Crippen LogP) is 4.16. The van der Waals surface area contributed by atoms with E-state index in [1.807, 2.05) is 30.3 Å². The van der Waals surface area contributed by atoms with Gasteiger partial charge in [0.2, 0.25) is 0 Å². The van der Waals surface area contributed by atoms with E-state index in [4.69, 9.17) is 14.7 Å². The first-order valence-electron chi connectivity index (χ1n) is 6.33. The molecular formula is C15H13N3O3. The molecule has 6 nitrogen and oxygen atoms in total. The van der Waals surface area contributed by atoms with Gasteiger partial charge in [0, 0.05) is 10.5 Å². The van der Waals surface area contributed by atoms with Gasteiger partial charge in [-0.05, 0) is 30.7 Å². The van der Waals surface area contributed by atoms with Crippen LogP contribution in [0.5, 0.6) is 0 Å². The molecule has 0 atom stereocenters. The minimum atomic E-state index is -0.687. The molecule has 2 aromatic rings. The first-order valence-corrected chi connectivity index (χ1v) is 6.33. The van der Waals surface area contributed by atoms with Crippen LogP contribution < -0.4 is 0 Å². The normalized spacial score (nSPS) is 10.8. The lowest BCUT2D eigenvalue weighted by molar-refractivity contribution is -0.138. The SMILES string of the molecule is CCOC(=O)C(=Cc1ccc(-c2ccccc2)o1)N=[N+]=[N-]. The largest absolute Gasteiger partial charge is 0.462 e. The minimum Gasteiger partial charge on any atom is -0.462 e. The zero-order chi connectivity index (χ0) is 15.1. The molecule has 21 heavy (non-hydrogen) atoms. The number of azide groups is 1. The molecule has 1 heterocycles. The van der Waals surface area contributed by atoms with Crippen LogP contribution in [0.4, 0.5) is 0 Å². The molecule has 0 fully saturated rings. The fourth-order valence-electron chi connectivity index (χ4n) is 1.70. The van der Waals surface area contributed by atoms with Crippen LogP contribution in [0.15, 0.2) is 57.7 Å². The zero-order valence-electron chi connectivity index (χ0n) is 11.4. The first kappa shape index (κ1) is 14.4. The summed E-state index contributed by atoms with van der Waals surface area (Å²) in [5.74, 6) is 0.378. The topological polar surface area (TPSA) is 88.2 Å². The monoisotopic (exact) mass is 283 g/mol. The summed E-state index contributed by atoms with van der Waals surface area (Å²) in [6, 6.07) is 13.0. The first-order chi connectivity index (χ1) is 10.2. The van der Waals surface area contributed by atoms with E-state index in [0.29, 0.717) is 11.5 Å². The lowest BCUT2D eigenvalue weighted by Gasteiger charge is -2.00. The Bertz CT molecular complexity index is 698. The Balaban J connectivity index is 2.29. The van der Waals surface area contributed by atoms with Gasteiger partial charge < -0.3 is 9.15 Å². The third kappa shape index (κ3) is 3.75. The standard InChI is InChI=1S/C15H13N3O3/c1-2-20-15(19)13(17-18-16)10-12-8-9-14(21-12)11-6-4-3-5-7-11/h3-10H,2H2,1H3. The smallest absolute Gasteiger partial charge is 0.340 e.